The number of piperazine rings is 1. The van der Waals surface area contributed by atoms with Crippen LogP contribution in [0.3, 0.4) is 0 Å². The molecule has 5 rings (SSSR count). The zero-order valence-corrected chi connectivity index (χ0v) is 18.9. The molecule has 0 N–H and O–H groups in total. The number of hydrogen-bond donors (Lipinski definition) is 0. The van der Waals surface area contributed by atoms with Gasteiger partial charge in [0.2, 0.25) is 5.91 Å². The molecule has 2 unspecified atom stereocenters. The van der Waals surface area contributed by atoms with Gasteiger partial charge in [0.15, 0.2) is 5.82 Å². The fraction of sp³-hybridized carbons (Fsp3) is 0.320. The zero-order valence-electron chi connectivity index (χ0n) is 18.9. The molecule has 1 amide bonds. The summed E-state index contributed by atoms with van der Waals surface area (Å²) in [5.74, 6) is -1.12. The predicted octanol–water partition coefficient (Wildman–Crippen LogP) is 4.70. The van der Waals surface area contributed by atoms with Crippen LogP contribution in [0.2, 0.25) is 0 Å². The second kappa shape index (κ2) is 8.83. The topological polar surface area (TPSA) is 53.7 Å². The van der Waals surface area contributed by atoms with E-state index in [0.29, 0.717) is 37.7 Å². The fourth-order valence-corrected chi connectivity index (χ4v) is 4.90. The van der Waals surface area contributed by atoms with Gasteiger partial charge in [-0.1, -0.05) is 18.2 Å². The van der Waals surface area contributed by atoms with Crippen LogP contribution in [0.25, 0.3) is 0 Å². The number of aromatic nitrogens is 2. The average Bonchev–Trinajstić information content (AvgIpc) is 3.31. The minimum Gasteiger partial charge on any atom is -0.368 e. The molecule has 2 aliphatic rings. The first kappa shape index (κ1) is 23.1. The van der Waals surface area contributed by atoms with Gasteiger partial charge in [-0.2, -0.15) is 18.3 Å². The number of nitrogens with zero attached hydrogens (tertiary/aromatic N) is 5. The van der Waals surface area contributed by atoms with Crippen molar-refractivity contribution >= 4 is 23.1 Å². The van der Waals surface area contributed by atoms with Crippen molar-refractivity contribution in [2.45, 2.75) is 19.1 Å². The summed E-state index contributed by atoms with van der Waals surface area (Å²) in [5, 5.41) is 4.24. The maximum Gasteiger partial charge on any atom is 0.416 e. The summed E-state index contributed by atoms with van der Waals surface area (Å²) in [7, 11) is 0. The predicted molar refractivity (Wildman–Crippen MR) is 123 cm³/mol. The number of rotatable bonds is 3. The Morgan fingerprint density at radius 2 is 1.66 bits per heavy atom. The van der Waals surface area contributed by atoms with Gasteiger partial charge in [0, 0.05) is 43.6 Å². The number of amides is 1. The van der Waals surface area contributed by atoms with Crippen LogP contribution in [0.5, 0.6) is 0 Å². The quantitative estimate of drug-likeness (QED) is 0.506. The molecule has 1 aromatic heterocycles. The van der Waals surface area contributed by atoms with E-state index in [-0.39, 0.29) is 17.3 Å². The second-order valence-corrected chi connectivity index (χ2v) is 8.68. The Morgan fingerprint density at radius 1 is 0.971 bits per heavy atom. The van der Waals surface area contributed by atoms with Crippen LogP contribution in [-0.4, -0.2) is 52.5 Å². The van der Waals surface area contributed by atoms with E-state index in [1.54, 1.807) is 30.0 Å². The summed E-state index contributed by atoms with van der Waals surface area (Å²) in [4.78, 5) is 22.0. The van der Waals surface area contributed by atoms with Crippen molar-refractivity contribution in [3.8, 4) is 0 Å². The maximum atomic E-state index is 13.9. The molecule has 3 aromatic rings. The summed E-state index contributed by atoms with van der Waals surface area (Å²) < 4.78 is 56.5. The van der Waals surface area contributed by atoms with Crippen LogP contribution in [0.1, 0.15) is 24.1 Å². The van der Waals surface area contributed by atoms with Gasteiger partial charge in [-0.15, -0.1) is 0 Å². The number of alkyl halides is 3. The summed E-state index contributed by atoms with van der Waals surface area (Å²) in [5.41, 5.74) is 0.501. The van der Waals surface area contributed by atoms with Crippen LogP contribution in [0.4, 0.5) is 29.1 Å². The van der Waals surface area contributed by atoms with Gasteiger partial charge >= 0.3 is 6.18 Å². The van der Waals surface area contributed by atoms with E-state index < -0.39 is 23.7 Å². The number of anilines is 1. The monoisotopic (exact) mass is 485 g/mol. The Kier molecular flexibility index (Phi) is 5.82. The van der Waals surface area contributed by atoms with Crippen molar-refractivity contribution in [1.82, 2.24) is 14.7 Å². The third-order valence-electron chi connectivity index (χ3n) is 6.60. The molecule has 35 heavy (non-hydrogen) atoms. The van der Waals surface area contributed by atoms with Crippen molar-refractivity contribution in [2.75, 3.05) is 31.1 Å². The molecule has 0 saturated carbocycles. The van der Waals surface area contributed by atoms with Gasteiger partial charge in [-0.25, -0.2) is 14.1 Å². The third-order valence-corrected chi connectivity index (χ3v) is 6.60. The Labute approximate surface area is 199 Å². The van der Waals surface area contributed by atoms with Crippen molar-refractivity contribution < 1.29 is 22.4 Å². The zero-order chi connectivity index (χ0) is 24.7. The lowest BCUT2D eigenvalue weighted by molar-refractivity contribution is -0.140. The second-order valence-electron chi connectivity index (χ2n) is 8.68. The summed E-state index contributed by atoms with van der Waals surface area (Å²) in [6, 6.07) is 12.1. The molecule has 0 radical (unpaired) electrons. The summed E-state index contributed by atoms with van der Waals surface area (Å²) in [6.45, 7) is 3.50. The molecule has 2 aromatic carbocycles. The van der Waals surface area contributed by atoms with E-state index in [2.05, 4.69) is 10.1 Å². The Hall–Kier alpha value is -3.69. The van der Waals surface area contributed by atoms with Crippen molar-refractivity contribution in [1.29, 1.82) is 0 Å². The molecular formula is C25H23F4N5O. The molecule has 2 aliphatic heterocycles. The molecule has 0 spiro atoms. The summed E-state index contributed by atoms with van der Waals surface area (Å²) in [6.07, 6.45) is -3.11. The maximum absolute atomic E-state index is 13.9. The molecule has 1 fully saturated rings. The lowest BCUT2D eigenvalue weighted by Gasteiger charge is -2.40. The lowest BCUT2D eigenvalue weighted by Crippen LogP contribution is -2.53. The van der Waals surface area contributed by atoms with Gasteiger partial charge in [0.1, 0.15) is 11.7 Å². The lowest BCUT2D eigenvalue weighted by atomic mass is 9.84. The van der Waals surface area contributed by atoms with Crippen LogP contribution < -0.4 is 4.90 Å². The highest BCUT2D eigenvalue weighted by molar-refractivity contribution is 6.05. The molecule has 6 nitrogen and oxygen atoms in total. The number of halogens is 4. The Bertz CT molecular complexity index is 1260. The first-order valence-electron chi connectivity index (χ1n) is 11.3. The number of hydrogen-bond acceptors (Lipinski definition) is 4. The van der Waals surface area contributed by atoms with Crippen LogP contribution in [-0.2, 0) is 11.0 Å². The van der Waals surface area contributed by atoms with Gasteiger partial charge in [0.25, 0.3) is 0 Å². The molecule has 182 valence electrons. The van der Waals surface area contributed by atoms with E-state index in [9.17, 15) is 22.4 Å². The molecule has 0 aliphatic carbocycles. The normalized spacial score (nSPS) is 20.4. The van der Waals surface area contributed by atoms with Crippen molar-refractivity contribution in [2.24, 2.45) is 10.9 Å². The third kappa shape index (κ3) is 4.28. The largest absolute Gasteiger partial charge is 0.416 e. The Morgan fingerprint density at radius 3 is 2.34 bits per heavy atom. The van der Waals surface area contributed by atoms with Gasteiger partial charge in [-0.3, -0.25) is 4.79 Å². The number of aliphatic imine (C=N–C) groups is 1. The minimum absolute atomic E-state index is 0.0116. The molecule has 3 heterocycles. The fourth-order valence-electron chi connectivity index (χ4n) is 4.90. The molecule has 0 bridgehead atoms. The van der Waals surface area contributed by atoms with Gasteiger partial charge < -0.3 is 9.80 Å². The van der Waals surface area contributed by atoms with Gasteiger partial charge in [0.05, 0.1) is 17.8 Å². The highest BCUT2D eigenvalue weighted by atomic mass is 19.4. The van der Waals surface area contributed by atoms with Crippen molar-refractivity contribution in [3.05, 3.63) is 77.7 Å². The first-order valence-corrected chi connectivity index (χ1v) is 11.3. The van der Waals surface area contributed by atoms with E-state index in [1.165, 1.54) is 41.2 Å². The Balaban J connectivity index is 1.45. The molecular weight excluding hydrogens is 462 g/mol. The summed E-state index contributed by atoms with van der Waals surface area (Å²) >= 11 is 0. The van der Waals surface area contributed by atoms with Crippen LogP contribution in [0, 0.1) is 11.7 Å². The number of carbonyl (C=O) groups excluding carboxylic acids is 1. The van der Waals surface area contributed by atoms with E-state index >= 15 is 0 Å². The first-order chi connectivity index (χ1) is 16.7. The number of benzene rings is 2. The number of carbonyl (C=O) groups is 1. The van der Waals surface area contributed by atoms with E-state index in [1.807, 2.05) is 4.90 Å². The SMILES string of the molecule is CC1=Nc2ccnn2C(c2ccccc2C(F)(F)F)C1C(=O)N1CCN(c2ccc(F)cc2)CC1. The average molecular weight is 485 g/mol. The van der Waals surface area contributed by atoms with Gasteiger partial charge in [-0.05, 0) is 42.8 Å². The standard InChI is InChI=1S/C25H23F4N5O/c1-16-22(24(35)33-14-12-32(13-15-33)18-8-6-17(26)7-9-18)23(34-21(31-16)10-11-30-34)19-4-2-3-5-20(19)25(27,28)29/h2-11,22-23H,12-15H2,1H3. The highest BCUT2D eigenvalue weighted by Crippen LogP contribution is 2.42. The van der Waals surface area contributed by atoms with Crippen LogP contribution >= 0.6 is 0 Å². The minimum atomic E-state index is -4.58. The molecule has 1 saturated heterocycles. The molecule has 10 heteroatoms. The van der Waals surface area contributed by atoms with E-state index in [0.717, 1.165) is 11.8 Å². The number of fused-ring (bicyclic) bond motifs is 1. The highest BCUT2D eigenvalue weighted by Gasteiger charge is 2.44. The van der Waals surface area contributed by atoms with E-state index in [4.69, 9.17) is 0 Å². The molecule has 2 atom stereocenters. The van der Waals surface area contributed by atoms with Crippen LogP contribution in [0.15, 0.2) is 65.8 Å². The van der Waals surface area contributed by atoms with Crippen molar-refractivity contribution in [3.63, 3.8) is 0 Å². The smallest absolute Gasteiger partial charge is 0.368 e.